The Morgan fingerprint density at radius 2 is 1.70 bits per heavy atom. The molecule has 0 amide bonds. The topological polar surface area (TPSA) is 84.3 Å². The minimum Gasteiger partial charge on any atom is -0.497 e. The minimum absolute atomic E-state index is 0.212. The van der Waals surface area contributed by atoms with Crippen molar-refractivity contribution in [2.45, 2.75) is 26.4 Å². The minimum atomic E-state index is -0.772. The number of hydrogen-bond donors (Lipinski definition) is 3. The SMILES string of the molecule is CCNC(=NCC(O)c1cc(OC)cc(OC)c1)NCCc1ccc(C)c(OC)c1. The Balaban J connectivity index is 1.98. The fraction of sp³-hybridized carbons (Fsp3) is 0.435. The van der Waals surface area contributed by atoms with Crippen LogP contribution < -0.4 is 24.8 Å². The van der Waals surface area contributed by atoms with Gasteiger partial charge in [0.25, 0.3) is 0 Å². The van der Waals surface area contributed by atoms with E-state index in [-0.39, 0.29) is 6.54 Å². The van der Waals surface area contributed by atoms with Crippen LogP contribution >= 0.6 is 0 Å². The molecule has 2 rings (SSSR count). The van der Waals surface area contributed by atoms with Crippen LogP contribution in [0.1, 0.15) is 29.7 Å². The van der Waals surface area contributed by atoms with Crippen LogP contribution in [0.25, 0.3) is 0 Å². The molecule has 7 heteroatoms. The molecule has 1 unspecified atom stereocenters. The Labute approximate surface area is 179 Å². The molecule has 0 saturated carbocycles. The average molecular weight is 416 g/mol. The number of aliphatic imine (C=N–C) groups is 1. The fourth-order valence-corrected chi connectivity index (χ4v) is 2.99. The lowest BCUT2D eigenvalue weighted by Gasteiger charge is -2.15. The van der Waals surface area contributed by atoms with Gasteiger partial charge in [-0.2, -0.15) is 0 Å². The number of guanidine groups is 1. The van der Waals surface area contributed by atoms with Crippen LogP contribution in [0.2, 0.25) is 0 Å². The maximum atomic E-state index is 10.6. The van der Waals surface area contributed by atoms with E-state index >= 15 is 0 Å². The summed E-state index contributed by atoms with van der Waals surface area (Å²) >= 11 is 0. The zero-order valence-electron chi connectivity index (χ0n) is 18.5. The molecule has 7 nitrogen and oxygen atoms in total. The second-order valence-electron chi connectivity index (χ2n) is 6.86. The normalized spacial score (nSPS) is 12.3. The van der Waals surface area contributed by atoms with E-state index in [0.29, 0.717) is 29.6 Å². The summed E-state index contributed by atoms with van der Waals surface area (Å²) < 4.78 is 15.9. The Morgan fingerprint density at radius 3 is 2.30 bits per heavy atom. The summed E-state index contributed by atoms with van der Waals surface area (Å²) in [6.07, 6.45) is 0.0577. The zero-order chi connectivity index (χ0) is 21.9. The average Bonchev–Trinajstić information content (AvgIpc) is 2.77. The number of nitrogens with zero attached hydrogens (tertiary/aromatic N) is 1. The number of hydrogen-bond acceptors (Lipinski definition) is 5. The van der Waals surface area contributed by atoms with Crippen LogP contribution in [0.5, 0.6) is 17.2 Å². The van der Waals surface area contributed by atoms with Crippen molar-refractivity contribution in [3.8, 4) is 17.2 Å². The summed E-state index contributed by atoms with van der Waals surface area (Å²) in [5, 5.41) is 17.1. The van der Waals surface area contributed by atoms with Crippen LogP contribution in [-0.2, 0) is 6.42 Å². The summed E-state index contributed by atoms with van der Waals surface area (Å²) in [6.45, 7) is 5.68. The summed E-state index contributed by atoms with van der Waals surface area (Å²) in [5.74, 6) is 2.81. The number of ether oxygens (including phenoxy) is 3. The van der Waals surface area contributed by atoms with Crippen molar-refractivity contribution in [3.05, 3.63) is 53.1 Å². The van der Waals surface area contributed by atoms with E-state index in [1.807, 2.05) is 13.8 Å². The van der Waals surface area contributed by atoms with Crippen molar-refractivity contribution >= 4 is 5.96 Å². The van der Waals surface area contributed by atoms with Gasteiger partial charge in [0, 0.05) is 19.2 Å². The van der Waals surface area contributed by atoms with Crippen molar-refractivity contribution in [1.29, 1.82) is 0 Å². The van der Waals surface area contributed by atoms with E-state index in [4.69, 9.17) is 14.2 Å². The maximum Gasteiger partial charge on any atom is 0.191 e. The van der Waals surface area contributed by atoms with Gasteiger partial charge in [0.05, 0.1) is 34.0 Å². The fourth-order valence-electron chi connectivity index (χ4n) is 2.99. The molecule has 2 aromatic rings. The predicted molar refractivity (Wildman–Crippen MR) is 120 cm³/mol. The number of methoxy groups -OCH3 is 3. The first kappa shape index (κ1) is 23.3. The van der Waals surface area contributed by atoms with E-state index in [2.05, 4.69) is 33.8 Å². The maximum absolute atomic E-state index is 10.6. The number of aryl methyl sites for hydroxylation is 1. The largest absolute Gasteiger partial charge is 0.497 e. The van der Waals surface area contributed by atoms with Crippen LogP contribution in [0.3, 0.4) is 0 Å². The Morgan fingerprint density at radius 1 is 1.00 bits per heavy atom. The van der Waals surface area contributed by atoms with Gasteiger partial charge in [-0.1, -0.05) is 12.1 Å². The summed E-state index contributed by atoms with van der Waals surface area (Å²) in [4.78, 5) is 4.52. The van der Waals surface area contributed by atoms with E-state index in [9.17, 15) is 5.11 Å². The van der Waals surface area contributed by atoms with Gasteiger partial charge in [-0.05, 0) is 55.2 Å². The lowest BCUT2D eigenvalue weighted by molar-refractivity contribution is 0.186. The van der Waals surface area contributed by atoms with Crippen molar-refractivity contribution < 1.29 is 19.3 Å². The molecule has 0 aliphatic rings. The van der Waals surface area contributed by atoms with E-state index in [0.717, 1.165) is 24.3 Å². The number of aliphatic hydroxyl groups is 1. The molecule has 2 aromatic carbocycles. The van der Waals surface area contributed by atoms with Gasteiger partial charge in [-0.15, -0.1) is 0 Å². The molecule has 1 atom stereocenters. The van der Waals surface area contributed by atoms with Gasteiger partial charge in [-0.3, -0.25) is 4.99 Å². The van der Waals surface area contributed by atoms with E-state index in [1.54, 1.807) is 39.5 Å². The number of aliphatic hydroxyl groups excluding tert-OH is 1. The summed E-state index contributed by atoms with van der Waals surface area (Å²) in [7, 11) is 4.85. The van der Waals surface area contributed by atoms with E-state index < -0.39 is 6.10 Å². The first-order valence-electron chi connectivity index (χ1n) is 10.1. The molecule has 30 heavy (non-hydrogen) atoms. The Kier molecular flexibility index (Phi) is 9.28. The second-order valence-corrected chi connectivity index (χ2v) is 6.86. The smallest absolute Gasteiger partial charge is 0.191 e. The molecule has 3 N–H and O–H groups in total. The van der Waals surface area contributed by atoms with Gasteiger partial charge >= 0.3 is 0 Å². The summed E-state index contributed by atoms with van der Waals surface area (Å²) in [5.41, 5.74) is 2.99. The molecular formula is C23H33N3O4. The van der Waals surface area contributed by atoms with Gasteiger partial charge in [0.2, 0.25) is 0 Å². The number of benzene rings is 2. The van der Waals surface area contributed by atoms with Crippen LogP contribution in [0.4, 0.5) is 0 Å². The van der Waals surface area contributed by atoms with Crippen molar-refractivity contribution in [1.82, 2.24) is 10.6 Å². The third-order valence-corrected chi connectivity index (χ3v) is 4.70. The molecule has 0 aliphatic heterocycles. The molecule has 164 valence electrons. The van der Waals surface area contributed by atoms with E-state index in [1.165, 1.54) is 5.56 Å². The molecule has 0 fully saturated rings. The van der Waals surface area contributed by atoms with Crippen LogP contribution in [0, 0.1) is 6.92 Å². The predicted octanol–water partition coefficient (Wildman–Crippen LogP) is 2.85. The third kappa shape index (κ3) is 6.84. The molecular weight excluding hydrogens is 382 g/mol. The van der Waals surface area contributed by atoms with Crippen molar-refractivity contribution in [3.63, 3.8) is 0 Å². The zero-order valence-corrected chi connectivity index (χ0v) is 18.5. The molecule has 0 aliphatic carbocycles. The number of nitrogens with one attached hydrogen (secondary N) is 2. The summed E-state index contributed by atoms with van der Waals surface area (Å²) in [6, 6.07) is 11.6. The highest BCUT2D eigenvalue weighted by atomic mass is 16.5. The quantitative estimate of drug-likeness (QED) is 0.409. The van der Waals surface area contributed by atoms with Gasteiger partial charge in [-0.25, -0.2) is 0 Å². The molecule has 0 bridgehead atoms. The van der Waals surface area contributed by atoms with Crippen molar-refractivity contribution in [2.75, 3.05) is 41.0 Å². The van der Waals surface area contributed by atoms with Crippen molar-refractivity contribution in [2.24, 2.45) is 4.99 Å². The Hall–Kier alpha value is -2.93. The lowest BCUT2D eigenvalue weighted by atomic mass is 10.1. The lowest BCUT2D eigenvalue weighted by Crippen LogP contribution is -2.38. The highest BCUT2D eigenvalue weighted by Gasteiger charge is 2.11. The van der Waals surface area contributed by atoms with Crippen LogP contribution in [0.15, 0.2) is 41.4 Å². The first-order chi connectivity index (χ1) is 14.5. The van der Waals surface area contributed by atoms with Crippen LogP contribution in [-0.4, -0.2) is 52.0 Å². The molecule has 0 spiro atoms. The highest BCUT2D eigenvalue weighted by molar-refractivity contribution is 5.79. The third-order valence-electron chi connectivity index (χ3n) is 4.70. The van der Waals surface area contributed by atoms with Gasteiger partial charge < -0.3 is 30.0 Å². The monoisotopic (exact) mass is 415 g/mol. The highest BCUT2D eigenvalue weighted by Crippen LogP contribution is 2.26. The molecule has 0 aromatic heterocycles. The number of rotatable bonds is 10. The second kappa shape index (κ2) is 11.9. The van der Waals surface area contributed by atoms with Gasteiger partial charge in [0.1, 0.15) is 17.2 Å². The first-order valence-corrected chi connectivity index (χ1v) is 10.1. The molecule has 0 heterocycles. The molecule has 0 saturated heterocycles. The standard InChI is InChI=1S/C23H33N3O4/c1-6-24-23(25-10-9-17-8-7-16(2)22(11-17)30-5)26-15-21(27)18-12-19(28-3)14-20(13-18)29-4/h7-8,11-14,21,27H,6,9-10,15H2,1-5H3,(H2,24,25,26). The van der Waals surface area contributed by atoms with Gasteiger partial charge in [0.15, 0.2) is 5.96 Å². The Bertz CT molecular complexity index is 817. The molecule has 0 radical (unpaired) electrons.